The van der Waals surface area contributed by atoms with Gasteiger partial charge in [-0.1, -0.05) is 13.0 Å². The maximum absolute atomic E-state index is 12.6. The molecule has 1 N–H and O–H groups in total. The van der Waals surface area contributed by atoms with E-state index in [-0.39, 0.29) is 24.6 Å². The Balaban J connectivity index is 2.07. The van der Waals surface area contributed by atoms with Gasteiger partial charge in [-0.25, -0.2) is 4.79 Å². The number of hydrogen-bond donors (Lipinski definition) is 1. The van der Waals surface area contributed by atoms with E-state index in [1.54, 1.807) is 17.3 Å². The van der Waals surface area contributed by atoms with E-state index >= 15 is 0 Å². The number of likely N-dealkylation sites (tertiary alicyclic amines) is 1. The number of rotatable bonds is 7. The van der Waals surface area contributed by atoms with Crippen molar-refractivity contribution >= 4 is 11.9 Å². The summed E-state index contributed by atoms with van der Waals surface area (Å²) in [6, 6.07) is 3.75. The third-order valence-corrected chi connectivity index (χ3v) is 4.31. The van der Waals surface area contributed by atoms with Gasteiger partial charge in [-0.2, -0.15) is 0 Å². The Morgan fingerprint density at radius 3 is 3.00 bits per heavy atom. The first-order valence-electron chi connectivity index (χ1n) is 8.85. The summed E-state index contributed by atoms with van der Waals surface area (Å²) in [5, 5.41) is 2.91. The molecule has 3 amide bonds. The van der Waals surface area contributed by atoms with Crippen LogP contribution in [0.3, 0.4) is 0 Å². The molecule has 1 fully saturated rings. The van der Waals surface area contributed by atoms with Gasteiger partial charge in [0.2, 0.25) is 5.91 Å². The quantitative estimate of drug-likeness (QED) is 0.813. The predicted octanol–water partition coefficient (Wildman–Crippen LogP) is 1.64. The molecule has 1 aromatic heterocycles. The van der Waals surface area contributed by atoms with Crippen LogP contribution in [-0.4, -0.2) is 66.1 Å². The number of piperidine rings is 1. The van der Waals surface area contributed by atoms with Crippen LogP contribution in [0.4, 0.5) is 4.79 Å². The zero-order valence-corrected chi connectivity index (χ0v) is 15.1. The normalized spacial score (nSPS) is 17.2. The van der Waals surface area contributed by atoms with Gasteiger partial charge in [0.25, 0.3) is 0 Å². The molecule has 7 nitrogen and oxygen atoms in total. The van der Waals surface area contributed by atoms with Crippen molar-refractivity contribution in [2.75, 3.05) is 33.4 Å². The summed E-state index contributed by atoms with van der Waals surface area (Å²) in [5.74, 6) is -0.0628. The minimum Gasteiger partial charge on any atom is -0.375 e. The summed E-state index contributed by atoms with van der Waals surface area (Å²) in [5.41, 5.74) is 0.972. The van der Waals surface area contributed by atoms with E-state index in [4.69, 9.17) is 4.74 Å². The van der Waals surface area contributed by atoms with Crippen molar-refractivity contribution in [1.29, 1.82) is 0 Å². The SMILES string of the molecule is CCCNC(=O)N1CCCC(N(Cc2cccnc2)C(=O)COC)C1. The molecule has 0 radical (unpaired) electrons. The molecule has 0 bridgehead atoms. The Labute approximate surface area is 149 Å². The smallest absolute Gasteiger partial charge is 0.317 e. The van der Waals surface area contributed by atoms with Gasteiger partial charge < -0.3 is 19.9 Å². The number of hydrogen-bond acceptors (Lipinski definition) is 4. The number of nitrogens with zero attached hydrogens (tertiary/aromatic N) is 3. The monoisotopic (exact) mass is 348 g/mol. The largest absolute Gasteiger partial charge is 0.375 e. The third kappa shape index (κ3) is 5.70. The Kier molecular flexibility index (Phi) is 7.66. The number of carbonyl (C=O) groups is 2. The van der Waals surface area contributed by atoms with Crippen molar-refractivity contribution in [3.63, 3.8) is 0 Å². The van der Waals surface area contributed by atoms with Crippen LogP contribution in [-0.2, 0) is 16.1 Å². The van der Waals surface area contributed by atoms with Crippen LogP contribution in [0.1, 0.15) is 31.7 Å². The lowest BCUT2D eigenvalue weighted by atomic mass is 10.0. The Hall–Kier alpha value is -2.15. The summed E-state index contributed by atoms with van der Waals surface area (Å²) < 4.78 is 5.04. The first kappa shape index (κ1) is 19.2. The number of carbonyl (C=O) groups excluding carboxylic acids is 2. The zero-order chi connectivity index (χ0) is 18.1. The van der Waals surface area contributed by atoms with E-state index < -0.39 is 0 Å². The number of methoxy groups -OCH3 is 1. The maximum Gasteiger partial charge on any atom is 0.317 e. The molecule has 1 aromatic rings. The minimum absolute atomic E-state index is 0.0102. The number of aromatic nitrogens is 1. The van der Waals surface area contributed by atoms with Gasteiger partial charge in [-0.15, -0.1) is 0 Å². The number of amides is 3. The van der Waals surface area contributed by atoms with Gasteiger partial charge in [0, 0.05) is 51.7 Å². The predicted molar refractivity (Wildman–Crippen MR) is 94.9 cm³/mol. The van der Waals surface area contributed by atoms with Crippen molar-refractivity contribution in [3.8, 4) is 0 Å². The third-order valence-electron chi connectivity index (χ3n) is 4.31. The molecular formula is C18H28N4O3. The molecule has 0 spiro atoms. The molecule has 0 saturated carbocycles. The maximum atomic E-state index is 12.6. The van der Waals surface area contributed by atoms with Crippen LogP contribution in [0.2, 0.25) is 0 Å². The molecule has 1 unspecified atom stereocenters. The summed E-state index contributed by atoms with van der Waals surface area (Å²) in [6.07, 6.45) is 6.15. The molecule has 1 atom stereocenters. The van der Waals surface area contributed by atoms with Crippen molar-refractivity contribution in [1.82, 2.24) is 20.1 Å². The second kappa shape index (κ2) is 9.98. The van der Waals surface area contributed by atoms with Gasteiger partial charge in [0.1, 0.15) is 6.61 Å². The van der Waals surface area contributed by atoms with E-state index in [0.717, 1.165) is 31.4 Å². The summed E-state index contributed by atoms with van der Waals surface area (Å²) in [4.78, 5) is 32.6. The minimum atomic E-state index is -0.0628. The molecule has 2 heterocycles. The van der Waals surface area contributed by atoms with E-state index in [0.29, 0.717) is 19.6 Å². The van der Waals surface area contributed by atoms with E-state index in [1.807, 2.05) is 24.0 Å². The van der Waals surface area contributed by atoms with Gasteiger partial charge in [-0.3, -0.25) is 9.78 Å². The van der Waals surface area contributed by atoms with E-state index in [1.165, 1.54) is 7.11 Å². The van der Waals surface area contributed by atoms with Crippen molar-refractivity contribution in [2.24, 2.45) is 0 Å². The standard InChI is InChI=1S/C18H28N4O3/c1-3-8-20-18(24)21-10-5-7-16(13-21)22(17(23)14-25-2)12-15-6-4-9-19-11-15/h4,6,9,11,16H,3,5,7-8,10,12-14H2,1-2H3,(H,20,24). The molecule has 0 aliphatic carbocycles. The first-order valence-corrected chi connectivity index (χ1v) is 8.85. The van der Waals surface area contributed by atoms with Crippen molar-refractivity contribution in [3.05, 3.63) is 30.1 Å². The van der Waals surface area contributed by atoms with Crippen molar-refractivity contribution < 1.29 is 14.3 Å². The summed E-state index contributed by atoms with van der Waals surface area (Å²) in [7, 11) is 1.52. The van der Waals surface area contributed by atoms with E-state index in [2.05, 4.69) is 10.3 Å². The fourth-order valence-corrected chi connectivity index (χ4v) is 3.05. The number of ether oxygens (including phenoxy) is 1. The molecule has 7 heteroatoms. The van der Waals surface area contributed by atoms with Gasteiger partial charge in [0.05, 0.1) is 0 Å². The second-order valence-electron chi connectivity index (χ2n) is 6.29. The van der Waals surface area contributed by atoms with Gasteiger partial charge in [0.15, 0.2) is 0 Å². The van der Waals surface area contributed by atoms with Crippen LogP contribution >= 0.6 is 0 Å². The fourth-order valence-electron chi connectivity index (χ4n) is 3.05. The first-order chi connectivity index (χ1) is 12.2. The van der Waals surface area contributed by atoms with E-state index in [9.17, 15) is 9.59 Å². The Bertz CT molecular complexity index is 553. The molecule has 25 heavy (non-hydrogen) atoms. The number of nitrogens with one attached hydrogen (secondary N) is 1. The highest BCUT2D eigenvalue weighted by molar-refractivity contribution is 5.78. The molecule has 1 saturated heterocycles. The average molecular weight is 348 g/mol. The highest BCUT2D eigenvalue weighted by atomic mass is 16.5. The lowest BCUT2D eigenvalue weighted by Crippen LogP contribution is -2.54. The molecule has 1 aliphatic rings. The van der Waals surface area contributed by atoms with Crippen molar-refractivity contribution in [2.45, 2.75) is 38.8 Å². The van der Waals surface area contributed by atoms with Gasteiger partial charge in [-0.05, 0) is 30.9 Å². The van der Waals surface area contributed by atoms with Gasteiger partial charge >= 0.3 is 6.03 Å². The Morgan fingerprint density at radius 2 is 2.32 bits per heavy atom. The van der Waals surface area contributed by atoms with Crippen LogP contribution in [0, 0.1) is 0 Å². The number of pyridine rings is 1. The van der Waals surface area contributed by atoms with Crippen LogP contribution in [0.25, 0.3) is 0 Å². The molecule has 1 aliphatic heterocycles. The fraction of sp³-hybridized carbons (Fsp3) is 0.611. The summed E-state index contributed by atoms with van der Waals surface area (Å²) >= 11 is 0. The zero-order valence-electron chi connectivity index (χ0n) is 15.1. The highest BCUT2D eigenvalue weighted by Crippen LogP contribution is 2.19. The average Bonchev–Trinajstić information content (AvgIpc) is 2.65. The second-order valence-corrected chi connectivity index (χ2v) is 6.29. The molecule has 2 rings (SSSR count). The lowest BCUT2D eigenvalue weighted by Gasteiger charge is -2.39. The molecule has 138 valence electrons. The topological polar surface area (TPSA) is 74.8 Å². The lowest BCUT2D eigenvalue weighted by molar-refractivity contribution is -0.139. The molecule has 0 aromatic carbocycles. The number of urea groups is 1. The highest BCUT2D eigenvalue weighted by Gasteiger charge is 2.30. The summed E-state index contributed by atoms with van der Waals surface area (Å²) in [6.45, 7) is 4.49. The van der Waals surface area contributed by atoms with Crippen LogP contribution in [0.15, 0.2) is 24.5 Å². The van der Waals surface area contributed by atoms with Crippen LogP contribution in [0.5, 0.6) is 0 Å². The Morgan fingerprint density at radius 1 is 1.48 bits per heavy atom. The molecular weight excluding hydrogens is 320 g/mol. The van der Waals surface area contributed by atoms with Crippen LogP contribution < -0.4 is 5.32 Å².